The molecule has 0 aliphatic rings. The van der Waals surface area contributed by atoms with Gasteiger partial charge in [-0.3, -0.25) is 9.59 Å². The van der Waals surface area contributed by atoms with Gasteiger partial charge in [-0.2, -0.15) is 0 Å². The molecule has 4 heteroatoms. The van der Waals surface area contributed by atoms with Gasteiger partial charge in [0.25, 0.3) is 0 Å². The number of benzene rings is 3. The van der Waals surface area contributed by atoms with Crippen LogP contribution in [0.5, 0.6) is 5.75 Å². The van der Waals surface area contributed by atoms with Gasteiger partial charge in [-0.15, -0.1) is 0 Å². The van der Waals surface area contributed by atoms with Crippen LogP contribution >= 0.6 is 0 Å². The predicted molar refractivity (Wildman–Crippen MR) is 105 cm³/mol. The van der Waals surface area contributed by atoms with Crippen LogP contribution in [0.2, 0.25) is 0 Å². The van der Waals surface area contributed by atoms with Crippen LogP contribution < -0.4 is 10.1 Å². The van der Waals surface area contributed by atoms with Crippen molar-refractivity contribution in [1.82, 2.24) is 0 Å². The number of fused-ring (bicyclic) bond motifs is 1. The first-order chi connectivity index (χ1) is 12.5. The Hall–Kier alpha value is -3.40. The van der Waals surface area contributed by atoms with Gasteiger partial charge >= 0.3 is 0 Å². The van der Waals surface area contributed by atoms with Gasteiger partial charge < -0.3 is 10.1 Å². The summed E-state index contributed by atoms with van der Waals surface area (Å²) in [4.78, 5) is 23.5. The molecule has 3 aromatic rings. The molecule has 26 heavy (non-hydrogen) atoms. The summed E-state index contributed by atoms with van der Waals surface area (Å²) < 4.78 is 5.23. The highest BCUT2D eigenvalue weighted by Crippen LogP contribution is 2.22. The van der Waals surface area contributed by atoms with E-state index in [0.29, 0.717) is 11.3 Å². The minimum atomic E-state index is -0.169. The van der Waals surface area contributed by atoms with Crippen molar-refractivity contribution in [3.05, 3.63) is 77.9 Å². The van der Waals surface area contributed by atoms with Crippen LogP contribution in [0.15, 0.2) is 66.7 Å². The maximum Gasteiger partial charge on any atom is 0.221 e. The standard InChI is InChI=1S/C22H19NO3/c1-15(24)23-20-5-3-4-19(13-20)22(25)11-7-16-6-8-18-14-21(26-2)10-9-17(18)12-16/h3-14H,1-2H3,(H,23,24)/b11-7+. The predicted octanol–water partition coefficient (Wildman–Crippen LogP) is 4.70. The lowest BCUT2D eigenvalue weighted by Gasteiger charge is -2.04. The Morgan fingerprint density at radius 3 is 2.50 bits per heavy atom. The molecule has 0 bridgehead atoms. The first-order valence-corrected chi connectivity index (χ1v) is 8.23. The van der Waals surface area contributed by atoms with E-state index < -0.39 is 0 Å². The number of hydrogen-bond donors (Lipinski definition) is 1. The third kappa shape index (κ3) is 4.16. The summed E-state index contributed by atoms with van der Waals surface area (Å²) in [7, 11) is 1.64. The van der Waals surface area contributed by atoms with Gasteiger partial charge in [-0.1, -0.05) is 36.4 Å². The number of hydrogen-bond acceptors (Lipinski definition) is 3. The van der Waals surface area contributed by atoms with Crippen LogP contribution in [0.25, 0.3) is 16.8 Å². The summed E-state index contributed by atoms with van der Waals surface area (Å²) in [6.07, 6.45) is 3.33. The fraction of sp³-hybridized carbons (Fsp3) is 0.0909. The Bertz CT molecular complexity index is 1010. The molecule has 0 aliphatic carbocycles. The van der Waals surface area contributed by atoms with E-state index in [2.05, 4.69) is 5.32 Å². The lowest BCUT2D eigenvalue weighted by atomic mass is 10.0. The van der Waals surface area contributed by atoms with Crippen molar-refractivity contribution in [2.24, 2.45) is 0 Å². The number of amides is 1. The van der Waals surface area contributed by atoms with E-state index in [-0.39, 0.29) is 11.7 Å². The molecule has 0 aromatic heterocycles. The summed E-state index contributed by atoms with van der Waals surface area (Å²) in [5.74, 6) is 0.528. The van der Waals surface area contributed by atoms with Crippen molar-refractivity contribution in [1.29, 1.82) is 0 Å². The number of methoxy groups -OCH3 is 1. The molecule has 0 atom stereocenters. The largest absolute Gasteiger partial charge is 0.497 e. The van der Waals surface area contributed by atoms with Crippen molar-refractivity contribution in [3.63, 3.8) is 0 Å². The van der Waals surface area contributed by atoms with Gasteiger partial charge in [0.15, 0.2) is 5.78 Å². The molecular formula is C22H19NO3. The smallest absolute Gasteiger partial charge is 0.221 e. The highest BCUT2D eigenvalue weighted by Gasteiger charge is 2.04. The first kappa shape index (κ1) is 17.4. The Labute approximate surface area is 152 Å². The molecule has 0 aliphatic heterocycles. The fourth-order valence-corrected chi connectivity index (χ4v) is 2.69. The SMILES string of the molecule is COc1ccc2cc(/C=C/C(=O)c3cccc(NC(C)=O)c3)ccc2c1. The third-order valence-corrected chi connectivity index (χ3v) is 3.97. The van der Waals surface area contributed by atoms with Crippen molar-refractivity contribution in [2.75, 3.05) is 12.4 Å². The normalized spacial score (nSPS) is 10.8. The second kappa shape index (κ2) is 7.66. The number of allylic oxidation sites excluding steroid dienone is 1. The molecule has 0 fully saturated rings. The molecule has 0 radical (unpaired) electrons. The highest BCUT2D eigenvalue weighted by atomic mass is 16.5. The number of rotatable bonds is 5. The molecule has 0 heterocycles. The maximum absolute atomic E-state index is 12.4. The summed E-state index contributed by atoms with van der Waals surface area (Å²) in [6.45, 7) is 1.43. The summed E-state index contributed by atoms with van der Waals surface area (Å²) >= 11 is 0. The van der Waals surface area contributed by atoms with E-state index in [4.69, 9.17) is 4.74 Å². The molecule has 0 saturated carbocycles. The van der Waals surface area contributed by atoms with Crippen LogP contribution in [0, 0.1) is 0 Å². The Kier molecular flexibility index (Phi) is 5.13. The van der Waals surface area contributed by atoms with E-state index in [1.54, 1.807) is 37.5 Å². The Balaban J connectivity index is 1.79. The zero-order valence-electron chi connectivity index (χ0n) is 14.7. The number of anilines is 1. The fourth-order valence-electron chi connectivity index (χ4n) is 2.69. The van der Waals surface area contributed by atoms with Crippen molar-refractivity contribution in [3.8, 4) is 5.75 Å². The van der Waals surface area contributed by atoms with E-state index in [1.165, 1.54) is 13.0 Å². The first-order valence-electron chi connectivity index (χ1n) is 8.23. The molecule has 3 rings (SSSR count). The van der Waals surface area contributed by atoms with Crippen LogP contribution in [0.4, 0.5) is 5.69 Å². The minimum Gasteiger partial charge on any atom is -0.497 e. The summed E-state index contributed by atoms with van der Waals surface area (Å²) in [6, 6.07) is 18.7. The van der Waals surface area contributed by atoms with Crippen molar-refractivity contribution in [2.45, 2.75) is 6.92 Å². The lowest BCUT2D eigenvalue weighted by Crippen LogP contribution is -2.06. The molecule has 1 N–H and O–H groups in total. The minimum absolute atomic E-state index is 0.118. The zero-order chi connectivity index (χ0) is 18.5. The number of carbonyl (C=O) groups excluding carboxylic acids is 2. The van der Waals surface area contributed by atoms with Gasteiger partial charge in [-0.05, 0) is 52.7 Å². The topological polar surface area (TPSA) is 55.4 Å². The second-order valence-electron chi connectivity index (χ2n) is 5.93. The van der Waals surface area contributed by atoms with E-state index in [0.717, 1.165) is 22.1 Å². The van der Waals surface area contributed by atoms with Gasteiger partial charge in [0, 0.05) is 18.2 Å². The molecule has 0 saturated heterocycles. The second-order valence-corrected chi connectivity index (χ2v) is 5.93. The van der Waals surface area contributed by atoms with E-state index in [9.17, 15) is 9.59 Å². The Morgan fingerprint density at radius 2 is 1.73 bits per heavy atom. The maximum atomic E-state index is 12.4. The van der Waals surface area contributed by atoms with Gasteiger partial charge in [0.2, 0.25) is 5.91 Å². The highest BCUT2D eigenvalue weighted by molar-refractivity contribution is 6.07. The molecule has 4 nitrogen and oxygen atoms in total. The summed E-state index contributed by atoms with van der Waals surface area (Å²) in [5, 5.41) is 4.83. The van der Waals surface area contributed by atoms with E-state index in [1.807, 2.05) is 36.4 Å². The number of nitrogens with one attached hydrogen (secondary N) is 1. The van der Waals surface area contributed by atoms with E-state index >= 15 is 0 Å². The number of ether oxygens (including phenoxy) is 1. The third-order valence-electron chi connectivity index (χ3n) is 3.97. The molecule has 1 amide bonds. The average Bonchev–Trinajstić information content (AvgIpc) is 2.65. The van der Waals surface area contributed by atoms with Crippen LogP contribution in [-0.4, -0.2) is 18.8 Å². The number of ketones is 1. The molecule has 3 aromatic carbocycles. The van der Waals surface area contributed by atoms with Crippen LogP contribution in [0.3, 0.4) is 0 Å². The molecular weight excluding hydrogens is 326 g/mol. The lowest BCUT2D eigenvalue weighted by molar-refractivity contribution is -0.114. The van der Waals surface area contributed by atoms with Crippen molar-refractivity contribution >= 4 is 34.2 Å². The molecule has 130 valence electrons. The van der Waals surface area contributed by atoms with Gasteiger partial charge in [0.05, 0.1) is 7.11 Å². The quantitative estimate of drug-likeness (QED) is 0.538. The Morgan fingerprint density at radius 1 is 0.962 bits per heavy atom. The van der Waals surface area contributed by atoms with Crippen LogP contribution in [-0.2, 0) is 4.79 Å². The zero-order valence-corrected chi connectivity index (χ0v) is 14.7. The summed E-state index contributed by atoms with van der Waals surface area (Å²) in [5.41, 5.74) is 2.07. The number of carbonyl (C=O) groups is 2. The van der Waals surface area contributed by atoms with Gasteiger partial charge in [0.1, 0.15) is 5.75 Å². The molecule has 0 spiro atoms. The average molecular weight is 345 g/mol. The van der Waals surface area contributed by atoms with Crippen LogP contribution in [0.1, 0.15) is 22.8 Å². The van der Waals surface area contributed by atoms with Gasteiger partial charge in [-0.25, -0.2) is 0 Å². The van der Waals surface area contributed by atoms with Crippen molar-refractivity contribution < 1.29 is 14.3 Å². The molecule has 0 unspecified atom stereocenters. The monoisotopic (exact) mass is 345 g/mol.